The number of nitrogens with one attached hydrogen (secondary N) is 1. The molecule has 1 aliphatic heterocycles. The van der Waals surface area contributed by atoms with Crippen molar-refractivity contribution >= 4 is 11.9 Å². The average Bonchev–Trinajstić information content (AvgIpc) is 3.09. The van der Waals surface area contributed by atoms with E-state index in [9.17, 15) is 18.0 Å². The van der Waals surface area contributed by atoms with E-state index in [2.05, 4.69) is 47.4 Å². The molecule has 1 aliphatic rings. The molecule has 2 aromatic rings. The van der Waals surface area contributed by atoms with Gasteiger partial charge in [-0.15, -0.1) is 0 Å². The minimum Gasteiger partial charge on any atom is -0.475 e. The highest BCUT2D eigenvalue weighted by atomic mass is 19.4. The van der Waals surface area contributed by atoms with Gasteiger partial charge in [0.05, 0.1) is 18.2 Å². The summed E-state index contributed by atoms with van der Waals surface area (Å²) in [6, 6.07) is 8.83. The number of aromatic nitrogens is 2. The zero-order valence-corrected chi connectivity index (χ0v) is 17.0. The number of aryl methyl sites for hydroxylation is 2. The number of alkyl halides is 3. The number of carbonyl (C=O) groups excluding carboxylic acids is 1. The van der Waals surface area contributed by atoms with Crippen LogP contribution in [0.2, 0.25) is 0 Å². The number of carbonyl (C=O) groups is 2. The third-order valence-corrected chi connectivity index (χ3v) is 4.58. The highest BCUT2D eigenvalue weighted by Crippen LogP contribution is 2.24. The first-order valence-corrected chi connectivity index (χ1v) is 9.32. The van der Waals surface area contributed by atoms with Crippen LogP contribution < -0.4 is 5.32 Å². The number of benzene rings is 1. The molecule has 30 heavy (non-hydrogen) atoms. The molecule has 1 amide bonds. The number of carboxylic acids is 1. The Hall–Kier alpha value is -2.88. The van der Waals surface area contributed by atoms with E-state index in [0.29, 0.717) is 6.42 Å². The molecule has 0 saturated heterocycles. The third-order valence-electron chi connectivity index (χ3n) is 4.58. The summed E-state index contributed by atoms with van der Waals surface area (Å²) in [6.45, 7) is 6.89. The average molecular weight is 426 g/mol. The monoisotopic (exact) mass is 426 g/mol. The first-order chi connectivity index (χ1) is 14.0. The van der Waals surface area contributed by atoms with E-state index in [0.717, 1.165) is 19.6 Å². The van der Waals surface area contributed by atoms with Crippen LogP contribution in [0, 0.1) is 13.8 Å². The minimum atomic E-state index is -5.08. The normalized spacial score (nSPS) is 16.3. The van der Waals surface area contributed by atoms with E-state index in [-0.39, 0.29) is 11.9 Å². The molecular formula is C20H25F3N4O3. The third kappa shape index (κ3) is 6.58. The van der Waals surface area contributed by atoms with Gasteiger partial charge in [0, 0.05) is 32.9 Å². The second-order valence-corrected chi connectivity index (χ2v) is 7.27. The van der Waals surface area contributed by atoms with E-state index in [1.165, 1.54) is 22.4 Å². The molecule has 0 spiro atoms. The summed E-state index contributed by atoms with van der Waals surface area (Å²) in [5, 5.41) is 14.2. The van der Waals surface area contributed by atoms with Crippen LogP contribution in [0.3, 0.4) is 0 Å². The molecule has 1 atom stereocenters. The van der Waals surface area contributed by atoms with Crippen molar-refractivity contribution in [1.82, 2.24) is 20.0 Å². The molecule has 2 heterocycles. The Kier molecular flexibility index (Phi) is 7.60. The quantitative estimate of drug-likeness (QED) is 0.785. The maximum absolute atomic E-state index is 11.8. The zero-order chi connectivity index (χ0) is 22.5. The van der Waals surface area contributed by atoms with Crippen molar-refractivity contribution in [1.29, 1.82) is 0 Å². The molecule has 0 bridgehead atoms. The van der Waals surface area contributed by atoms with E-state index in [4.69, 9.17) is 9.90 Å². The van der Waals surface area contributed by atoms with Crippen LogP contribution in [0.1, 0.15) is 34.8 Å². The minimum absolute atomic E-state index is 0.0599. The van der Waals surface area contributed by atoms with Gasteiger partial charge in [-0.05, 0) is 25.5 Å². The number of nitrogens with zero attached hydrogens (tertiary/aromatic N) is 3. The molecule has 10 heteroatoms. The molecule has 0 aliphatic carbocycles. The first-order valence-electron chi connectivity index (χ1n) is 9.32. The van der Waals surface area contributed by atoms with Crippen LogP contribution in [-0.4, -0.2) is 51.4 Å². The lowest BCUT2D eigenvalue weighted by atomic mass is 10.1. The second kappa shape index (κ2) is 9.75. The lowest BCUT2D eigenvalue weighted by molar-refractivity contribution is -0.192. The predicted octanol–water partition coefficient (Wildman–Crippen LogP) is 2.83. The lowest BCUT2D eigenvalue weighted by Crippen LogP contribution is -2.39. The molecule has 164 valence electrons. The van der Waals surface area contributed by atoms with Crippen molar-refractivity contribution in [2.75, 3.05) is 13.6 Å². The van der Waals surface area contributed by atoms with Gasteiger partial charge >= 0.3 is 12.1 Å². The molecule has 7 nitrogen and oxygen atoms in total. The van der Waals surface area contributed by atoms with Gasteiger partial charge < -0.3 is 10.4 Å². The number of hydrogen-bond acceptors (Lipinski definition) is 4. The Morgan fingerprint density at radius 1 is 1.23 bits per heavy atom. The van der Waals surface area contributed by atoms with E-state index in [1.54, 1.807) is 7.05 Å². The number of carboxylic acid groups (broad SMARTS) is 1. The van der Waals surface area contributed by atoms with E-state index >= 15 is 0 Å². The van der Waals surface area contributed by atoms with Gasteiger partial charge in [-0.2, -0.15) is 18.3 Å². The summed E-state index contributed by atoms with van der Waals surface area (Å²) in [4.78, 5) is 23.1. The fourth-order valence-corrected chi connectivity index (χ4v) is 3.47. The number of fused-ring (bicyclic) bond motifs is 1. The van der Waals surface area contributed by atoms with Gasteiger partial charge in [-0.1, -0.05) is 29.3 Å². The Bertz CT molecular complexity index is 875. The summed E-state index contributed by atoms with van der Waals surface area (Å²) in [5.74, 6) is -2.70. The molecule has 0 fully saturated rings. The largest absolute Gasteiger partial charge is 0.490 e. The van der Waals surface area contributed by atoms with Crippen molar-refractivity contribution in [3.63, 3.8) is 0 Å². The smallest absolute Gasteiger partial charge is 0.475 e. The van der Waals surface area contributed by atoms with Crippen LogP contribution in [0.15, 0.2) is 30.5 Å². The van der Waals surface area contributed by atoms with Gasteiger partial charge in [0.25, 0.3) is 0 Å². The maximum atomic E-state index is 11.8. The van der Waals surface area contributed by atoms with Crippen molar-refractivity contribution < 1.29 is 27.9 Å². The number of amides is 1. The summed E-state index contributed by atoms with van der Waals surface area (Å²) >= 11 is 0. The van der Waals surface area contributed by atoms with Crippen LogP contribution in [0.5, 0.6) is 0 Å². The van der Waals surface area contributed by atoms with Crippen molar-refractivity contribution in [3.8, 4) is 0 Å². The lowest BCUT2D eigenvalue weighted by Gasteiger charge is -2.33. The topological polar surface area (TPSA) is 87.5 Å². The van der Waals surface area contributed by atoms with E-state index < -0.39 is 12.1 Å². The van der Waals surface area contributed by atoms with Gasteiger partial charge in [-0.25, -0.2) is 4.79 Å². The number of aliphatic carboxylic acids is 1. The first kappa shape index (κ1) is 23.4. The fourth-order valence-electron chi connectivity index (χ4n) is 3.47. The Labute approximate surface area is 172 Å². The molecule has 2 N–H and O–H groups in total. The van der Waals surface area contributed by atoms with Gasteiger partial charge in [0.2, 0.25) is 5.91 Å². The van der Waals surface area contributed by atoms with Gasteiger partial charge in [-0.3, -0.25) is 14.4 Å². The maximum Gasteiger partial charge on any atom is 0.490 e. The van der Waals surface area contributed by atoms with Crippen LogP contribution in [0.4, 0.5) is 13.2 Å². The number of halogens is 3. The van der Waals surface area contributed by atoms with Crippen LogP contribution in [-0.2, 0) is 22.7 Å². The highest BCUT2D eigenvalue weighted by molar-refractivity contribution is 5.76. The Balaban J connectivity index is 0.000000396. The SMILES string of the molecule is CNC(=O)CC1CN(Cc2cc(C)cc(C)c2)Cc2ccnn21.O=C(O)C(F)(F)F. The second-order valence-electron chi connectivity index (χ2n) is 7.27. The summed E-state index contributed by atoms with van der Waals surface area (Å²) in [5.41, 5.74) is 5.09. The highest BCUT2D eigenvalue weighted by Gasteiger charge is 2.38. The number of hydrogen-bond donors (Lipinski definition) is 2. The van der Waals surface area contributed by atoms with Crippen LogP contribution >= 0.6 is 0 Å². The Morgan fingerprint density at radius 2 is 1.83 bits per heavy atom. The molecule has 1 aromatic heterocycles. The standard InChI is InChI=1S/C18H24N4O.C2HF3O2/c1-13-6-14(2)8-15(7-13)10-21-11-16-4-5-20-22(16)17(12-21)9-18(23)19-3;3-2(4,5)1(6)7/h4-8,17H,9-12H2,1-3H3,(H,19,23);(H,6,7). The predicted molar refractivity (Wildman–Crippen MR) is 104 cm³/mol. The Morgan fingerprint density at radius 3 is 2.37 bits per heavy atom. The molecule has 0 saturated carbocycles. The van der Waals surface area contributed by atoms with Crippen LogP contribution in [0.25, 0.3) is 0 Å². The van der Waals surface area contributed by atoms with Crippen molar-refractivity contribution in [2.24, 2.45) is 0 Å². The van der Waals surface area contributed by atoms with Gasteiger partial charge in [0.15, 0.2) is 0 Å². The molecule has 1 aromatic carbocycles. The summed E-state index contributed by atoms with van der Waals surface area (Å²) in [6.07, 6.45) is -2.79. The molecule has 1 unspecified atom stereocenters. The van der Waals surface area contributed by atoms with Gasteiger partial charge in [0.1, 0.15) is 0 Å². The number of rotatable bonds is 4. The van der Waals surface area contributed by atoms with E-state index in [1.807, 2.05) is 16.9 Å². The van der Waals surface area contributed by atoms with Crippen molar-refractivity contribution in [2.45, 2.75) is 45.6 Å². The summed E-state index contributed by atoms with van der Waals surface area (Å²) < 4.78 is 33.7. The molecule has 0 radical (unpaired) electrons. The fraction of sp³-hybridized carbons (Fsp3) is 0.450. The van der Waals surface area contributed by atoms with Crippen molar-refractivity contribution in [3.05, 3.63) is 52.8 Å². The summed E-state index contributed by atoms with van der Waals surface area (Å²) in [7, 11) is 1.68. The zero-order valence-electron chi connectivity index (χ0n) is 17.0. The molecular weight excluding hydrogens is 401 g/mol. The molecule has 3 rings (SSSR count).